The summed E-state index contributed by atoms with van der Waals surface area (Å²) >= 11 is 0. The van der Waals surface area contributed by atoms with E-state index in [4.69, 9.17) is 9.47 Å². The summed E-state index contributed by atoms with van der Waals surface area (Å²) in [4.78, 5) is 0. The predicted octanol–water partition coefficient (Wildman–Crippen LogP) is 9.57. The number of ether oxygens (including phenoxy) is 2. The summed E-state index contributed by atoms with van der Waals surface area (Å²) < 4.78 is 108. The van der Waals surface area contributed by atoms with Gasteiger partial charge in [0.25, 0.3) is 0 Å². The Balaban J connectivity index is 1.48. The van der Waals surface area contributed by atoms with Gasteiger partial charge in [-0.05, 0) is 86.6 Å². The first-order valence-corrected chi connectivity index (χ1v) is 15.0. The van der Waals surface area contributed by atoms with Crippen molar-refractivity contribution in [1.29, 1.82) is 0 Å². The second-order valence-electron chi connectivity index (χ2n) is 10.1. The van der Waals surface area contributed by atoms with Gasteiger partial charge >= 0.3 is 12.4 Å². The highest BCUT2D eigenvalue weighted by atomic mass is 31.2. The van der Waals surface area contributed by atoms with Crippen molar-refractivity contribution in [3.8, 4) is 23.0 Å². The van der Waals surface area contributed by atoms with E-state index in [0.717, 1.165) is 12.1 Å². The molecule has 0 fully saturated rings. The fourth-order valence-electron chi connectivity index (χ4n) is 4.70. The molecule has 10 heteroatoms. The molecule has 0 aromatic heterocycles. The second-order valence-corrected chi connectivity index (χ2v) is 12.9. The molecule has 0 N–H and O–H groups in total. The molecule has 0 bridgehead atoms. The molecule has 0 unspecified atom stereocenters. The summed E-state index contributed by atoms with van der Waals surface area (Å²) in [6, 6.07) is 28.0. The van der Waals surface area contributed by atoms with Crippen LogP contribution >= 0.6 is 7.14 Å². The van der Waals surface area contributed by atoms with E-state index in [2.05, 4.69) is 0 Å². The first-order chi connectivity index (χ1) is 20.7. The van der Waals surface area contributed by atoms with Crippen LogP contribution in [0.4, 0.5) is 26.3 Å². The third-order valence-electron chi connectivity index (χ3n) is 6.86. The Morgan fingerprint density at radius 1 is 0.500 bits per heavy atom. The highest BCUT2D eigenvalue weighted by molar-refractivity contribution is 7.85. The molecule has 5 aromatic carbocycles. The van der Waals surface area contributed by atoms with Crippen LogP contribution in [0.25, 0.3) is 0 Å². The Bertz CT molecular complexity index is 1700. The minimum atomic E-state index is -4.62. The molecule has 226 valence electrons. The van der Waals surface area contributed by atoms with E-state index in [1.54, 1.807) is 44.2 Å². The zero-order valence-electron chi connectivity index (χ0n) is 23.4. The number of alkyl halides is 6. The van der Waals surface area contributed by atoms with Crippen LogP contribution in [0, 0.1) is 13.8 Å². The maximum atomic E-state index is 14.8. The van der Waals surface area contributed by atoms with E-state index in [-0.39, 0.29) is 23.0 Å². The van der Waals surface area contributed by atoms with Crippen molar-refractivity contribution >= 4 is 23.1 Å². The summed E-state index contributed by atoms with van der Waals surface area (Å²) in [5, 5.41) is 1.24. The first kappa shape index (κ1) is 31.0. The van der Waals surface area contributed by atoms with Crippen molar-refractivity contribution in [3.63, 3.8) is 0 Å². The summed E-state index contributed by atoms with van der Waals surface area (Å²) in [5.74, 6) is -0.491. The Labute approximate surface area is 250 Å². The molecular formula is C34H25F6O3P. The smallest absolute Gasteiger partial charge is 0.419 e. The Morgan fingerprint density at radius 2 is 0.864 bits per heavy atom. The third kappa shape index (κ3) is 6.53. The molecule has 0 aliphatic carbocycles. The Morgan fingerprint density at radius 3 is 1.23 bits per heavy atom. The highest BCUT2D eigenvalue weighted by Gasteiger charge is 2.36. The molecule has 0 saturated carbocycles. The van der Waals surface area contributed by atoms with E-state index in [0.29, 0.717) is 27.0 Å². The molecule has 0 saturated heterocycles. The molecule has 5 aromatic rings. The summed E-state index contributed by atoms with van der Waals surface area (Å²) in [5.41, 5.74) is -0.960. The molecular weight excluding hydrogens is 601 g/mol. The Kier molecular flexibility index (Phi) is 8.36. The number of benzene rings is 5. The van der Waals surface area contributed by atoms with Crippen LogP contribution in [0.1, 0.15) is 22.3 Å². The predicted molar refractivity (Wildman–Crippen MR) is 158 cm³/mol. The lowest BCUT2D eigenvalue weighted by Crippen LogP contribution is -2.24. The highest BCUT2D eigenvalue weighted by Crippen LogP contribution is 2.44. The zero-order valence-corrected chi connectivity index (χ0v) is 24.3. The number of hydrogen-bond acceptors (Lipinski definition) is 3. The van der Waals surface area contributed by atoms with Gasteiger partial charge in [-0.1, -0.05) is 53.6 Å². The molecule has 5 rings (SSSR count). The minimum absolute atomic E-state index is 0.116. The van der Waals surface area contributed by atoms with Crippen LogP contribution in [0.3, 0.4) is 0 Å². The van der Waals surface area contributed by atoms with Crippen LogP contribution in [0.2, 0.25) is 0 Å². The van der Waals surface area contributed by atoms with Gasteiger partial charge in [-0.15, -0.1) is 0 Å². The average Bonchev–Trinajstić information content (AvgIpc) is 2.99. The topological polar surface area (TPSA) is 35.5 Å². The summed E-state index contributed by atoms with van der Waals surface area (Å²) in [6.07, 6.45) is -9.23. The van der Waals surface area contributed by atoms with Crippen molar-refractivity contribution in [2.75, 3.05) is 0 Å². The molecule has 0 spiro atoms. The monoisotopic (exact) mass is 626 g/mol. The lowest BCUT2D eigenvalue weighted by Gasteiger charge is -2.21. The maximum Gasteiger partial charge on any atom is 0.419 e. The van der Waals surface area contributed by atoms with Gasteiger partial charge in [0, 0.05) is 15.9 Å². The van der Waals surface area contributed by atoms with Crippen LogP contribution in [-0.4, -0.2) is 0 Å². The van der Waals surface area contributed by atoms with Crippen molar-refractivity contribution in [2.45, 2.75) is 26.2 Å². The normalized spacial score (nSPS) is 12.2. The molecule has 0 amide bonds. The van der Waals surface area contributed by atoms with Crippen LogP contribution in [0.15, 0.2) is 115 Å². The molecule has 0 heterocycles. The summed E-state index contributed by atoms with van der Waals surface area (Å²) in [7, 11) is -3.54. The first-order valence-electron chi connectivity index (χ1n) is 13.3. The van der Waals surface area contributed by atoms with E-state index < -0.39 is 30.6 Å². The zero-order chi connectivity index (χ0) is 31.7. The van der Waals surface area contributed by atoms with E-state index in [9.17, 15) is 30.9 Å². The van der Waals surface area contributed by atoms with Crippen molar-refractivity contribution in [1.82, 2.24) is 0 Å². The largest absolute Gasteiger partial charge is 0.457 e. The van der Waals surface area contributed by atoms with Crippen LogP contribution in [-0.2, 0) is 16.9 Å². The molecule has 44 heavy (non-hydrogen) atoms. The molecule has 0 aliphatic heterocycles. The van der Waals surface area contributed by atoms with Gasteiger partial charge in [-0.3, -0.25) is 0 Å². The van der Waals surface area contributed by atoms with Gasteiger partial charge < -0.3 is 14.0 Å². The fourth-order valence-corrected chi connectivity index (χ4v) is 7.32. The van der Waals surface area contributed by atoms with Gasteiger partial charge in [0.2, 0.25) is 0 Å². The number of rotatable bonds is 7. The Hall–Kier alpha value is -4.49. The second kappa shape index (κ2) is 11.9. The van der Waals surface area contributed by atoms with Gasteiger partial charge in [-0.25, -0.2) is 0 Å². The lowest BCUT2D eigenvalue weighted by molar-refractivity contribution is -0.139. The van der Waals surface area contributed by atoms with Crippen molar-refractivity contribution in [3.05, 3.63) is 138 Å². The van der Waals surface area contributed by atoms with E-state index in [1.165, 1.54) is 72.8 Å². The standard InChI is InChI=1S/C34H25F6O3P/c1-22-8-18-31(29(20-22)33(35,36)37)42-24-10-14-27(15-11-24)44(41,26-6-4-3-5-7-26)28-16-12-25(13-17-28)43-32-19-9-23(2)21-30(32)34(38,39)40/h3-21H,1-2H3. The van der Waals surface area contributed by atoms with Crippen LogP contribution in [0.5, 0.6) is 23.0 Å². The average molecular weight is 627 g/mol. The van der Waals surface area contributed by atoms with E-state index >= 15 is 0 Å². The summed E-state index contributed by atoms with van der Waals surface area (Å²) in [6.45, 7) is 3.10. The number of aryl methyl sites for hydroxylation is 2. The maximum absolute atomic E-state index is 14.8. The molecule has 0 atom stereocenters. The quantitative estimate of drug-likeness (QED) is 0.133. The number of hydrogen-bond donors (Lipinski definition) is 0. The third-order valence-corrected chi connectivity index (χ3v) is 9.93. The molecule has 3 nitrogen and oxygen atoms in total. The van der Waals surface area contributed by atoms with Crippen molar-refractivity contribution < 1.29 is 40.4 Å². The lowest BCUT2D eigenvalue weighted by atomic mass is 10.1. The van der Waals surface area contributed by atoms with Crippen LogP contribution < -0.4 is 25.4 Å². The SMILES string of the molecule is Cc1ccc(Oc2ccc(P(=O)(c3ccccc3)c3ccc(Oc4ccc(C)cc4C(F)(F)F)cc3)cc2)c(C(F)(F)F)c1. The van der Waals surface area contributed by atoms with Crippen molar-refractivity contribution in [2.24, 2.45) is 0 Å². The molecule has 0 radical (unpaired) electrons. The molecule has 0 aliphatic rings. The minimum Gasteiger partial charge on any atom is -0.457 e. The van der Waals surface area contributed by atoms with Gasteiger partial charge in [0.05, 0.1) is 11.1 Å². The van der Waals surface area contributed by atoms with Gasteiger partial charge in [0.15, 0.2) is 7.14 Å². The number of halogens is 6. The fraction of sp³-hybridized carbons (Fsp3) is 0.118. The van der Waals surface area contributed by atoms with Gasteiger partial charge in [-0.2, -0.15) is 26.3 Å². The van der Waals surface area contributed by atoms with Gasteiger partial charge in [0.1, 0.15) is 23.0 Å². The van der Waals surface area contributed by atoms with E-state index in [1.807, 2.05) is 0 Å².